The SMILES string of the molecule is c1ccc(-c2nc3ccccn3c2-c2cccc(-c3ccc(-c4ccc5c(c4)sc4ccccc45)cc3)c2)cc1. The Hall–Kier alpha value is -4.99. The highest BCUT2D eigenvalue weighted by atomic mass is 32.1. The van der Waals surface area contributed by atoms with Gasteiger partial charge in [0.25, 0.3) is 0 Å². The number of hydrogen-bond donors (Lipinski definition) is 0. The topological polar surface area (TPSA) is 17.3 Å². The van der Waals surface area contributed by atoms with Crippen LogP contribution in [0.2, 0.25) is 0 Å². The minimum Gasteiger partial charge on any atom is -0.299 e. The lowest BCUT2D eigenvalue weighted by molar-refractivity contribution is 1.19. The van der Waals surface area contributed by atoms with Crippen LogP contribution in [0.4, 0.5) is 0 Å². The molecule has 0 saturated carbocycles. The summed E-state index contributed by atoms with van der Waals surface area (Å²) in [6.45, 7) is 0. The highest BCUT2D eigenvalue weighted by Crippen LogP contribution is 2.38. The van der Waals surface area contributed by atoms with Crippen molar-refractivity contribution < 1.29 is 0 Å². The van der Waals surface area contributed by atoms with E-state index in [1.54, 1.807) is 0 Å². The fraction of sp³-hybridized carbons (Fsp3) is 0. The van der Waals surface area contributed by atoms with E-state index in [0.29, 0.717) is 0 Å². The lowest BCUT2D eigenvalue weighted by Gasteiger charge is -2.10. The quantitative estimate of drug-likeness (QED) is 0.222. The smallest absolute Gasteiger partial charge is 0.137 e. The second kappa shape index (κ2) is 9.33. The molecular weight excluding hydrogens is 504 g/mol. The Kier molecular flexibility index (Phi) is 5.35. The van der Waals surface area contributed by atoms with Gasteiger partial charge in [0.15, 0.2) is 0 Å². The number of thiophene rings is 1. The lowest BCUT2D eigenvalue weighted by Crippen LogP contribution is -1.90. The van der Waals surface area contributed by atoms with E-state index in [9.17, 15) is 0 Å². The molecule has 8 rings (SSSR count). The molecule has 0 saturated heterocycles. The van der Waals surface area contributed by atoms with E-state index < -0.39 is 0 Å². The summed E-state index contributed by atoms with van der Waals surface area (Å²) in [5.74, 6) is 0. The molecule has 0 spiro atoms. The van der Waals surface area contributed by atoms with Gasteiger partial charge in [-0.05, 0) is 52.6 Å². The van der Waals surface area contributed by atoms with Crippen LogP contribution in [0, 0.1) is 0 Å². The molecule has 3 aromatic heterocycles. The van der Waals surface area contributed by atoms with Crippen LogP contribution < -0.4 is 0 Å². The van der Waals surface area contributed by atoms with Crippen molar-refractivity contribution >= 4 is 37.2 Å². The Labute approximate surface area is 236 Å². The third-order valence-electron chi connectivity index (χ3n) is 7.64. The summed E-state index contributed by atoms with van der Waals surface area (Å²) >= 11 is 1.86. The van der Waals surface area contributed by atoms with Crippen LogP contribution in [0.1, 0.15) is 0 Å². The van der Waals surface area contributed by atoms with Gasteiger partial charge in [0.05, 0.1) is 11.4 Å². The number of hydrogen-bond acceptors (Lipinski definition) is 2. The van der Waals surface area contributed by atoms with Crippen molar-refractivity contribution in [3.05, 3.63) is 146 Å². The molecule has 40 heavy (non-hydrogen) atoms. The first-order valence-corrected chi connectivity index (χ1v) is 14.3. The molecular formula is C37H24N2S. The highest BCUT2D eigenvalue weighted by Gasteiger charge is 2.16. The Morgan fingerprint density at radius 2 is 1.10 bits per heavy atom. The van der Waals surface area contributed by atoms with Crippen molar-refractivity contribution in [2.75, 3.05) is 0 Å². The average molecular weight is 529 g/mol. The third kappa shape index (κ3) is 3.83. The minimum absolute atomic E-state index is 0.946. The summed E-state index contributed by atoms with van der Waals surface area (Å²) in [6.07, 6.45) is 2.10. The van der Waals surface area contributed by atoms with E-state index >= 15 is 0 Å². The van der Waals surface area contributed by atoms with Gasteiger partial charge in [-0.15, -0.1) is 11.3 Å². The summed E-state index contributed by atoms with van der Waals surface area (Å²) in [5, 5.41) is 2.67. The molecule has 0 aliphatic heterocycles. The molecule has 8 aromatic rings. The Morgan fingerprint density at radius 1 is 0.450 bits per heavy atom. The molecule has 2 nitrogen and oxygen atoms in total. The molecule has 5 aromatic carbocycles. The van der Waals surface area contributed by atoms with E-state index in [1.165, 1.54) is 42.4 Å². The van der Waals surface area contributed by atoms with Crippen molar-refractivity contribution in [1.29, 1.82) is 0 Å². The van der Waals surface area contributed by atoms with Gasteiger partial charge in [-0.3, -0.25) is 4.40 Å². The van der Waals surface area contributed by atoms with Crippen LogP contribution in [0.3, 0.4) is 0 Å². The maximum atomic E-state index is 5.01. The summed E-state index contributed by atoms with van der Waals surface area (Å²) in [6, 6.07) is 49.8. The Balaban J connectivity index is 1.18. The van der Waals surface area contributed by atoms with Crippen LogP contribution >= 0.6 is 11.3 Å². The Bertz CT molecular complexity index is 2150. The minimum atomic E-state index is 0.946. The van der Waals surface area contributed by atoms with Gasteiger partial charge in [0.2, 0.25) is 0 Å². The molecule has 0 aliphatic rings. The number of nitrogens with zero attached hydrogens (tertiary/aromatic N) is 2. The molecule has 0 fully saturated rings. The molecule has 0 amide bonds. The van der Waals surface area contributed by atoms with Crippen molar-refractivity contribution in [3.63, 3.8) is 0 Å². The monoisotopic (exact) mass is 528 g/mol. The van der Waals surface area contributed by atoms with Gasteiger partial charge in [0.1, 0.15) is 5.65 Å². The maximum Gasteiger partial charge on any atom is 0.137 e. The van der Waals surface area contributed by atoms with Crippen LogP contribution in [0.25, 0.3) is 70.6 Å². The van der Waals surface area contributed by atoms with Crippen molar-refractivity contribution in [2.45, 2.75) is 0 Å². The van der Waals surface area contributed by atoms with Crippen LogP contribution in [0.5, 0.6) is 0 Å². The zero-order valence-electron chi connectivity index (χ0n) is 21.7. The second-order valence-corrected chi connectivity index (χ2v) is 11.2. The van der Waals surface area contributed by atoms with Crippen LogP contribution in [-0.2, 0) is 0 Å². The number of imidazole rings is 1. The third-order valence-corrected chi connectivity index (χ3v) is 8.78. The summed E-state index contributed by atoms with van der Waals surface area (Å²) in [4.78, 5) is 5.01. The average Bonchev–Trinajstić information content (AvgIpc) is 3.60. The summed E-state index contributed by atoms with van der Waals surface area (Å²) in [7, 11) is 0. The Morgan fingerprint density at radius 3 is 1.95 bits per heavy atom. The van der Waals surface area contributed by atoms with E-state index in [4.69, 9.17) is 4.98 Å². The van der Waals surface area contributed by atoms with Gasteiger partial charge in [-0.2, -0.15) is 0 Å². The van der Waals surface area contributed by atoms with E-state index in [-0.39, 0.29) is 0 Å². The predicted molar refractivity (Wildman–Crippen MR) is 170 cm³/mol. The predicted octanol–water partition coefficient (Wildman–Crippen LogP) is 10.4. The number of benzene rings is 5. The number of pyridine rings is 1. The number of rotatable bonds is 4. The van der Waals surface area contributed by atoms with Gasteiger partial charge >= 0.3 is 0 Å². The van der Waals surface area contributed by atoms with E-state index in [0.717, 1.165) is 28.2 Å². The molecule has 188 valence electrons. The first kappa shape index (κ1) is 22.9. The number of aromatic nitrogens is 2. The van der Waals surface area contributed by atoms with Gasteiger partial charge in [-0.1, -0.05) is 109 Å². The van der Waals surface area contributed by atoms with E-state index in [1.807, 2.05) is 23.5 Å². The normalized spacial score (nSPS) is 11.5. The first-order chi connectivity index (χ1) is 19.8. The van der Waals surface area contributed by atoms with Gasteiger partial charge in [-0.25, -0.2) is 4.98 Å². The van der Waals surface area contributed by atoms with Crippen LogP contribution in [-0.4, -0.2) is 9.38 Å². The maximum absolute atomic E-state index is 5.01. The number of fused-ring (bicyclic) bond motifs is 4. The fourth-order valence-corrected chi connectivity index (χ4v) is 6.82. The summed E-state index contributed by atoms with van der Waals surface area (Å²) in [5.41, 5.74) is 10.2. The highest BCUT2D eigenvalue weighted by molar-refractivity contribution is 7.25. The molecule has 0 radical (unpaired) electrons. The zero-order valence-corrected chi connectivity index (χ0v) is 22.5. The van der Waals surface area contributed by atoms with E-state index in [2.05, 4.69) is 138 Å². The van der Waals surface area contributed by atoms with Crippen LogP contribution in [0.15, 0.2) is 146 Å². The molecule has 0 bridgehead atoms. The molecule has 0 N–H and O–H groups in total. The first-order valence-electron chi connectivity index (χ1n) is 13.5. The van der Waals surface area contributed by atoms with Gasteiger partial charge in [0, 0.05) is 37.5 Å². The largest absolute Gasteiger partial charge is 0.299 e. The second-order valence-electron chi connectivity index (χ2n) is 10.1. The van der Waals surface area contributed by atoms with Crippen molar-refractivity contribution in [2.24, 2.45) is 0 Å². The zero-order chi connectivity index (χ0) is 26.5. The molecule has 3 heterocycles. The summed E-state index contributed by atoms with van der Waals surface area (Å²) < 4.78 is 4.86. The molecule has 0 aliphatic carbocycles. The van der Waals surface area contributed by atoms with Crippen molar-refractivity contribution in [3.8, 4) is 44.8 Å². The fourth-order valence-electron chi connectivity index (χ4n) is 5.68. The molecule has 0 atom stereocenters. The standard InChI is InChI=1S/C37H24N2S/c1-2-9-27(10-3-1)36-37(39-22-7-6-15-35(39)38-36)30-12-8-11-28(23-30)25-16-18-26(19-17-25)29-20-21-32-31-13-4-5-14-33(31)40-34(32)24-29/h1-24H. The van der Waals surface area contributed by atoms with Crippen molar-refractivity contribution in [1.82, 2.24) is 9.38 Å². The molecule has 0 unspecified atom stereocenters. The van der Waals surface area contributed by atoms with Gasteiger partial charge < -0.3 is 0 Å². The lowest BCUT2D eigenvalue weighted by atomic mass is 9.97. The molecule has 3 heteroatoms.